The van der Waals surface area contributed by atoms with Gasteiger partial charge in [0, 0.05) is 12.5 Å². The molecule has 64 valence electrons. The number of rotatable bonds is 1. The molecule has 0 saturated carbocycles. The van der Waals surface area contributed by atoms with Crippen LogP contribution in [0.3, 0.4) is 0 Å². The summed E-state index contributed by atoms with van der Waals surface area (Å²) in [6, 6.07) is 3.75. The highest BCUT2D eigenvalue weighted by atomic mass is 35.5. The molecule has 12 heavy (non-hydrogen) atoms. The average Bonchev–Trinajstić information content (AvgIpc) is 2.58. The van der Waals surface area contributed by atoms with Gasteiger partial charge in [0.05, 0.1) is 5.69 Å². The van der Waals surface area contributed by atoms with E-state index in [2.05, 4.69) is 15.5 Å². The predicted octanol–water partition coefficient (Wildman–Crippen LogP) is 1.21. The number of hydrogen-bond donors (Lipinski definition) is 1. The van der Waals surface area contributed by atoms with Gasteiger partial charge >= 0.3 is 0 Å². The molecular formula is C8H10ClN3. The topological polar surface area (TPSA) is 37.8 Å². The van der Waals surface area contributed by atoms with Crippen LogP contribution in [-0.4, -0.2) is 23.3 Å². The third kappa shape index (κ3) is 1.57. The molecule has 0 bridgehead atoms. The van der Waals surface area contributed by atoms with Crippen LogP contribution in [0.15, 0.2) is 12.1 Å². The molecule has 3 nitrogen and oxygen atoms in total. The fraction of sp³-hybridized carbons (Fsp3) is 0.500. The van der Waals surface area contributed by atoms with Gasteiger partial charge in [0.15, 0.2) is 5.15 Å². The molecule has 1 N–H and O–H groups in total. The number of nitrogens with one attached hydrogen (secondary N) is 1. The smallest absolute Gasteiger partial charge is 0.151 e. The maximum Gasteiger partial charge on any atom is 0.151 e. The van der Waals surface area contributed by atoms with E-state index in [1.165, 1.54) is 0 Å². The molecule has 2 rings (SSSR count). The maximum absolute atomic E-state index is 5.63. The molecule has 1 unspecified atom stereocenters. The van der Waals surface area contributed by atoms with Gasteiger partial charge in [-0.3, -0.25) is 0 Å². The number of nitrogens with zero attached hydrogens (tertiary/aromatic N) is 2. The molecule has 1 fully saturated rings. The molecule has 0 aromatic carbocycles. The average molecular weight is 184 g/mol. The summed E-state index contributed by atoms with van der Waals surface area (Å²) in [5, 5.41) is 11.6. The lowest BCUT2D eigenvalue weighted by atomic mass is 10.1. The first-order chi connectivity index (χ1) is 5.86. The summed E-state index contributed by atoms with van der Waals surface area (Å²) in [6.07, 6.45) is 1.15. The van der Waals surface area contributed by atoms with Gasteiger partial charge in [0.2, 0.25) is 0 Å². The summed E-state index contributed by atoms with van der Waals surface area (Å²) in [5.74, 6) is 0.523. The Morgan fingerprint density at radius 1 is 1.42 bits per heavy atom. The van der Waals surface area contributed by atoms with Crippen LogP contribution in [0.1, 0.15) is 18.0 Å². The van der Waals surface area contributed by atoms with Crippen molar-refractivity contribution < 1.29 is 0 Å². The van der Waals surface area contributed by atoms with Crippen molar-refractivity contribution in [2.75, 3.05) is 13.1 Å². The van der Waals surface area contributed by atoms with Crippen molar-refractivity contribution in [2.24, 2.45) is 0 Å². The highest BCUT2D eigenvalue weighted by Gasteiger charge is 2.17. The summed E-state index contributed by atoms with van der Waals surface area (Å²) < 4.78 is 0. The second-order valence-corrected chi connectivity index (χ2v) is 3.36. The second kappa shape index (κ2) is 3.37. The molecular weight excluding hydrogens is 174 g/mol. The monoisotopic (exact) mass is 183 g/mol. The van der Waals surface area contributed by atoms with Crippen molar-refractivity contribution in [2.45, 2.75) is 12.3 Å². The largest absolute Gasteiger partial charge is 0.316 e. The quantitative estimate of drug-likeness (QED) is 0.711. The molecule has 1 atom stereocenters. The Kier molecular flexibility index (Phi) is 2.23. The van der Waals surface area contributed by atoms with Gasteiger partial charge < -0.3 is 5.32 Å². The lowest BCUT2D eigenvalue weighted by molar-refractivity contribution is 0.714. The van der Waals surface area contributed by atoms with Crippen molar-refractivity contribution in [1.82, 2.24) is 15.5 Å². The highest BCUT2D eigenvalue weighted by Crippen LogP contribution is 2.19. The normalized spacial score (nSPS) is 22.9. The van der Waals surface area contributed by atoms with Crippen LogP contribution in [0.2, 0.25) is 5.15 Å². The van der Waals surface area contributed by atoms with Gasteiger partial charge in [-0.25, -0.2) is 0 Å². The minimum absolute atomic E-state index is 0.463. The Bertz CT molecular complexity index is 254. The van der Waals surface area contributed by atoms with Gasteiger partial charge in [-0.1, -0.05) is 11.6 Å². The van der Waals surface area contributed by atoms with Gasteiger partial charge in [-0.15, -0.1) is 5.10 Å². The lowest BCUT2D eigenvalue weighted by Gasteiger charge is -2.04. The molecule has 0 radical (unpaired) electrons. The Labute approximate surface area is 76.1 Å². The van der Waals surface area contributed by atoms with E-state index in [4.69, 9.17) is 11.6 Å². The summed E-state index contributed by atoms with van der Waals surface area (Å²) in [5.41, 5.74) is 1.05. The van der Waals surface area contributed by atoms with Crippen LogP contribution >= 0.6 is 11.6 Å². The van der Waals surface area contributed by atoms with Gasteiger partial charge in [-0.2, -0.15) is 5.10 Å². The van der Waals surface area contributed by atoms with E-state index in [1.54, 1.807) is 6.07 Å². The van der Waals surface area contributed by atoms with E-state index in [0.29, 0.717) is 11.1 Å². The fourth-order valence-electron chi connectivity index (χ4n) is 1.45. The van der Waals surface area contributed by atoms with Crippen LogP contribution in [0, 0.1) is 0 Å². The van der Waals surface area contributed by atoms with Gasteiger partial charge in [0.1, 0.15) is 0 Å². The Balaban J connectivity index is 2.17. The zero-order chi connectivity index (χ0) is 8.39. The summed E-state index contributed by atoms with van der Waals surface area (Å²) in [6.45, 7) is 2.09. The third-order valence-electron chi connectivity index (χ3n) is 2.13. The summed E-state index contributed by atoms with van der Waals surface area (Å²) >= 11 is 5.63. The van der Waals surface area contributed by atoms with E-state index in [1.807, 2.05) is 6.07 Å². The summed E-state index contributed by atoms with van der Waals surface area (Å²) in [4.78, 5) is 0. The maximum atomic E-state index is 5.63. The van der Waals surface area contributed by atoms with Crippen molar-refractivity contribution >= 4 is 11.6 Å². The number of halogens is 1. The van der Waals surface area contributed by atoms with Crippen molar-refractivity contribution in [1.29, 1.82) is 0 Å². The van der Waals surface area contributed by atoms with Crippen LogP contribution in [-0.2, 0) is 0 Å². The van der Waals surface area contributed by atoms with E-state index in [-0.39, 0.29) is 0 Å². The molecule has 4 heteroatoms. The summed E-state index contributed by atoms with van der Waals surface area (Å²) in [7, 11) is 0. The van der Waals surface area contributed by atoms with E-state index in [9.17, 15) is 0 Å². The minimum atomic E-state index is 0.463. The number of aromatic nitrogens is 2. The standard InChI is InChI=1S/C8H10ClN3/c9-8-2-1-7(11-12-8)6-3-4-10-5-6/h1-2,6,10H,3-5H2. The van der Waals surface area contributed by atoms with Crippen LogP contribution in [0.4, 0.5) is 0 Å². The van der Waals surface area contributed by atoms with Gasteiger partial charge in [-0.05, 0) is 25.1 Å². The van der Waals surface area contributed by atoms with Crippen LogP contribution < -0.4 is 5.32 Å². The third-order valence-corrected chi connectivity index (χ3v) is 2.33. The molecule has 1 saturated heterocycles. The van der Waals surface area contributed by atoms with Crippen molar-refractivity contribution in [3.05, 3.63) is 23.0 Å². The fourth-order valence-corrected chi connectivity index (χ4v) is 1.55. The molecule has 1 aliphatic heterocycles. The molecule has 2 heterocycles. The van der Waals surface area contributed by atoms with E-state index < -0.39 is 0 Å². The Morgan fingerprint density at radius 2 is 2.33 bits per heavy atom. The van der Waals surface area contributed by atoms with Crippen LogP contribution in [0.5, 0.6) is 0 Å². The first-order valence-electron chi connectivity index (χ1n) is 4.06. The van der Waals surface area contributed by atoms with E-state index in [0.717, 1.165) is 25.2 Å². The Hall–Kier alpha value is -0.670. The minimum Gasteiger partial charge on any atom is -0.316 e. The molecule has 1 aliphatic rings. The molecule has 0 aliphatic carbocycles. The molecule has 1 aromatic rings. The zero-order valence-corrected chi connectivity index (χ0v) is 7.38. The predicted molar refractivity (Wildman–Crippen MR) is 47.3 cm³/mol. The first kappa shape index (κ1) is 7.95. The molecule has 0 amide bonds. The SMILES string of the molecule is Clc1ccc(C2CCNC2)nn1. The molecule has 0 spiro atoms. The van der Waals surface area contributed by atoms with Gasteiger partial charge in [0.25, 0.3) is 0 Å². The van der Waals surface area contributed by atoms with E-state index >= 15 is 0 Å². The van der Waals surface area contributed by atoms with Crippen molar-refractivity contribution in [3.8, 4) is 0 Å². The first-order valence-corrected chi connectivity index (χ1v) is 4.44. The lowest BCUT2D eigenvalue weighted by Crippen LogP contribution is -2.09. The number of hydrogen-bond acceptors (Lipinski definition) is 3. The highest BCUT2D eigenvalue weighted by molar-refractivity contribution is 6.29. The zero-order valence-electron chi connectivity index (χ0n) is 6.63. The second-order valence-electron chi connectivity index (χ2n) is 2.97. The van der Waals surface area contributed by atoms with Crippen molar-refractivity contribution in [3.63, 3.8) is 0 Å². The Morgan fingerprint density at radius 3 is 2.92 bits per heavy atom. The van der Waals surface area contributed by atoms with Crippen LogP contribution in [0.25, 0.3) is 0 Å². The molecule has 1 aromatic heterocycles.